The summed E-state index contributed by atoms with van der Waals surface area (Å²) in [7, 11) is 1.54. The molecule has 0 aromatic heterocycles. The van der Waals surface area contributed by atoms with Crippen LogP contribution in [-0.4, -0.2) is 30.8 Å². The Kier molecular flexibility index (Phi) is 6.61. The van der Waals surface area contributed by atoms with Gasteiger partial charge in [-0.1, -0.05) is 18.5 Å². The predicted molar refractivity (Wildman–Crippen MR) is 77.7 cm³/mol. The molecule has 1 unspecified atom stereocenters. The van der Waals surface area contributed by atoms with Crippen LogP contribution in [0.25, 0.3) is 0 Å². The molecule has 5 nitrogen and oxygen atoms in total. The van der Waals surface area contributed by atoms with Gasteiger partial charge in [0, 0.05) is 23.2 Å². The molecule has 0 bridgehead atoms. The zero-order chi connectivity index (χ0) is 15.1. The fraction of sp³-hybridized carbons (Fsp3) is 0.500. The minimum Gasteiger partial charge on any atom is -0.493 e. The Balaban J connectivity index is 2.96. The van der Waals surface area contributed by atoms with Crippen LogP contribution in [0.4, 0.5) is 0 Å². The summed E-state index contributed by atoms with van der Waals surface area (Å²) in [4.78, 5) is 10.8. The molecule has 1 rings (SSSR count). The molecule has 0 amide bonds. The van der Waals surface area contributed by atoms with Crippen LogP contribution in [0, 0.1) is 0 Å². The van der Waals surface area contributed by atoms with Crippen molar-refractivity contribution in [2.45, 2.75) is 32.9 Å². The molecule has 0 heterocycles. The smallest absolute Gasteiger partial charge is 0.320 e. The lowest BCUT2D eigenvalue weighted by molar-refractivity contribution is -0.139. The predicted octanol–water partition coefficient (Wildman–Crippen LogP) is 2.70. The Hall–Kier alpha value is -1.46. The molecule has 0 radical (unpaired) electrons. The highest BCUT2D eigenvalue weighted by atomic mass is 35.5. The van der Waals surface area contributed by atoms with E-state index in [9.17, 15) is 4.79 Å². The van der Waals surface area contributed by atoms with Crippen LogP contribution in [0.3, 0.4) is 0 Å². The maximum atomic E-state index is 10.8. The van der Waals surface area contributed by atoms with E-state index in [1.54, 1.807) is 26.2 Å². The van der Waals surface area contributed by atoms with Gasteiger partial charge in [-0.05, 0) is 19.4 Å². The molecule has 1 aromatic carbocycles. The first-order valence-corrected chi connectivity index (χ1v) is 6.82. The molecule has 2 N–H and O–H groups in total. The molecule has 0 spiro atoms. The van der Waals surface area contributed by atoms with Crippen LogP contribution in [0.2, 0.25) is 5.02 Å². The average Bonchev–Trinajstić information content (AvgIpc) is 2.42. The van der Waals surface area contributed by atoms with Gasteiger partial charge in [0.2, 0.25) is 0 Å². The van der Waals surface area contributed by atoms with Crippen molar-refractivity contribution in [2.24, 2.45) is 0 Å². The van der Waals surface area contributed by atoms with E-state index in [0.29, 0.717) is 29.7 Å². The number of carboxylic acids is 1. The van der Waals surface area contributed by atoms with E-state index in [4.69, 9.17) is 26.2 Å². The zero-order valence-electron chi connectivity index (χ0n) is 11.9. The molecule has 112 valence electrons. The third kappa shape index (κ3) is 4.58. The number of methoxy groups -OCH3 is 1. The molecule has 20 heavy (non-hydrogen) atoms. The van der Waals surface area contributed by atoms with Gasteiger partial charge in [0.1, 0.15) is 6.04 Å². The highest BCUT2D eigenvalue weighted by Gasteiger charge is 2.15. The van der Waals surface area contributed by atoms with Crippen molar-refractivity contribution in [1.29, 1.82) is 0 Å². The lowest BCUT2D eigenvalue weighted by Crippen LogP contribution is -2.33. The van der Waals surface area contributed by atoms with Gasteiger partial charge in [0.15, 0.2) is 11.5 Å². The van der Waals surface area contributed by atoms with Gasteiger partial charge in [-0.15, -0.1) is 0 Å². The van der Waals surface area contributed by atoms with Crippen molar-refractivity contribution in [3.63, 3.8) is 0 Å². The van der Waals surface area contributed by atoms with E-state index in [-0.39, 0.29) is 0 Å². The number of nitrogens with one attached hydrogen (secondary N) is 1. The molecule has 0 aliphatic heterocycles. The second kappa shape index (κ2) is 7.97. The van der Waals surface area contributed by atoms with E-state index >= 15 is 0 Å². The maximum Gasteiger partial charge on any atom is 0.320 e. The van der Waals surface area contributed by atoms with E-state index in [1.807, 2.05) is 6.92 Å². The second-order valence-electron chi connectivity index (χ2n) is 4.39. The summed E-state index contributed by atoms with van der Waals surface area (Å²) in [5, 5.41) is 12.3. The van der Waals surface area contributed by atoms with Crippen molar-refractivity contribution in [3.05, 3.63) is 22.7 Å². The molecule has 0 saturated heterocycles. The van der Waals surface area contributed by atoms with Crippen molar-refractivity contribution < 1.29 is 19.4 Å². The Morgan fingerprint density at radius 1 is 1.50 bits per heavy atom. The summed E-state index contributed by atoms with van der Waals surface area (Å²) < 4.78 is 10.9. The summed E-state index contributed by atoms with van der Waals surface area (Å²) in [6, 6.07) is 2.77. The van der Waals surface area contributed by atoms with Gasteiger partial charge in [0.25, 0.3) is 0 Å². The normalized spacial score (nSPS) is 12.0. The number of benzene rings is 1. The molecular weight excluding hydrogens is 282 g/mol. The van der Waals surface area contributed by atoms with Crippen molar-refractivity contribution in [1.82, 2.24) is 5.32 Å². The third-order valence-electron chi connectivity index (χ3n) is 2.74. The van der Waals surface area contributed by atoms with Gasteiger partial charge < -0.3 is 19.9 Å². The van der Waals surface area contributed by atoms with Gasteiger partial charge in [0.05, 0.1) is 13.7 Å². The largest absolute Gasteiger partial charge is 0.493 e. The summed E-state index contributed by atoms with van der Waals surface area (Å²) in [6.07, 6.45) is 0.865. The number of halogens is 1. The number of carbonyl (C=O) groups is 1. The number of rotatable bonds is 8. The first kappa shape index (κ1) is 16.6. The quantitative estimate of drug-likeness (QED) is 0.773. The van der Waals surface area contributed by atoms with E-state index in [2.05, 4.69) is 5.32 Å². The molecule has 0 fully saturated rings. The van der Waals surface area contributed by atoms with E-state index < -0.39 is 12.0 Å². The molecule has 6 heteroatoms. The monoisotopic (exact) mass is 301 g/mol. The lowest BCUT2D eigenvalue weighted by atomic mass is 10.1. The Labute approximate surface area is 123 Å². The first-order valence-electron chi connectivity index (χ1n) is 6.45. The lowest BCUT2D eigenvalue weighted by Gasteiger charge is -2.17. The highest BCUT2D eigenvalue weighted by molar-refractivity contribution is 6.30. The SMILES string of the molecule is CCCOc1c(CNC(C)C(=O)O)cc(Cl)cc1OC. The number of hydrogen-bond acceptors (Lipinski definition) is 4. The zero-order valence-corrected chi connectivity index (χ0v) is 12.7. The summed E-state index contributed by atoms with van der Waals surface area (Å²) in [5.74, 6) is 0.240. The standard InChI is InChI=1S/C14H20ClNO4/c1-4-5-20-13-10(8-16-9(2)14(17)18)6-11(15)7-12(13)19-3/h6-7,9,16H,4-5,8H2,1-3H3,(H,17,18). The van der Waals surface area contributed by atoms with Crippen molar-refractivity contribution >= 4 is 17.6 Å². The second-order valence-corrected chi connectivity index (χ2v) is 4.82. The number of ether oxygens (including phenoxy) is 2. The number of carboxylic acid groups (broad SMARTS) is 1. The molecule has 1 aromatic rings. The average molecular weight is 302 g/mol. The van der Waals surface area contributed by atoms with Gasteiger partial charge in [-0.2, -0.15) is 0 Å². The molecule has 0 aliphatic carbocycles. The van der Waals surface area contributed by atoms with Crippen LogP contribution >= 0.6 is 11.6 Å². The minimum atomic E-state index is -0.907. The maximum absolute atomic E-state index is 10.8. The van der Waals surface area contributed by atoms with Crippen molar-refractivity contribution in [3.8, 4) is 11.5 Å². The van der Waals surface area contributed by atoms with Crippen LogP contribution in [0.5, 0.6) is 11.5 Å². The van der Waals surface area contributed by atoms with Crippen molar-refractivity contribution in [2.75, 3.05) is 13.7 Å². The Bertz CT molecular complexity index is 465. The van der Waals surface area contributed by atoms with E-state index in [0.717, 1.165) is 12.0 Å². The Morgan fingerprint density at radius 2 is 2.20 bits per heavy atom. The summed E-state index contributed by atoms with van der Waals surface area (Å²) in [5.41, 5.74) is 0.774. The summed E-state index contributed by atoms with van der Waals surface area (Å²) >= 11 is 6.03. The van der Waals surface area contributed by atoms with Crippen LogP contribution in [0.1, 0.15) is 25.8 Å². The van der Waals surface area contributed by atoms with Crippen LogP contribution in [0.15, 0.2) is 12.1 Å². The molecule has 0 saturated carbocycles. The molecular formula is C14H20ClNO4. The Morgan fingerprint density at radius 3 is 2.75 bits per heavy atom. The van der Waals surface area contributed by atoms with Crippen LogP contribution < -0.4 is 14.8 Å². The van der Waals surface area contributed by atoms with Gasteiger partial charge >= 0.3 is 5.97 Å². The fourth-order valence-corrected chi connectivity index (χ4v) is 1.85. The van der Waals surface area contributed by atoms with Gasteiger partial charge in [-0.3, -0.25) is 4.79 Å². The topological polar surface area (TPSA) is 67.8 Å². The van der Waals surface area contributed by atoms with Gasteiger partial charge in [-0.25, -0.2) is 0 Å². The fourth-order valence-electron chi connectivity index (χ4n) is 1.62. The minimum absolute atomic E-state index is 0.337. The van der Waals surface area contributed by atoms with E-state index in [1.165, 1.54) is 0 Å². The highest BCUT2D eigenvalue weighted by Crippen LogP contribution is 2.34. The van der Waals surface area contributed by atoms with Crippen LogP contribution in [-0.2, 0) is 11.3 Å². The first-order chi connectivity index (χ1) is 9.49. The summed E-state index contributed by atoms with van der Waals surface area (Å²) in [6.45, 7) is 4.48. The molecule has 0 aliphatic rings. The number of aliphatic carboxylic acids is 1. The molecule has 1 atom stereocenters. The third-order valence-corrected chi connectivity index (χ3v) is 2.95. The number of hydrogen-bond donors (Lipinski definition) is 2.